The van der Waals surface area contributed by atoms with E-state index in [1.807, 2.05) is 24.3 Å². The number of carbonyl (C=O) groups is 4. The number of benzene rings is 2. The van der Waals surface area contributed by atoms with Gasteiger partial charge in [-0.15, -0.1) is 11.8 Å². The van der Waals surface area contributed by atoms with Crippen LogP contribution in [0.4, 0.5) is 16.2 Å². The molecule has 0 saturated heterocycles. The molecule has 1 heterocycles. The molecule has 0 spiro atoms. The number of nitrogens with zero attached hydrogens (tertiary/aromatic N) is 3. The van der Waals surface area contributed by atoms with Crippen LogP contribution in [0, 0.1) is 11.8 Å². The van der Waals surface area contributed by atoms with E-state index in [9.17, 15) is 19.2 Å². The number of carboxylic acids is 1. The Bertz CT molecular complexity index is 1350. The maximum atomic E-state index is 14.1. The molecule has 2 aliphatic carbocycles. The number of thioether (sulfide) groups is 1. The number of amides is 3. The van der Waals surface area contributed by atoms with E-state index >= 15 is 0 Å². The number of ketones is 1. The number of carbonyl (C=O) groups excluding carboxylic acids is 3. The molecular formula is C32H38N4O5S. The van der Waals surface area contributed by atoms with Gasteiger partial charge in [0, 0.05) is 28.0 Å². The zero-order valence-corrected chi connectivity index (χ0v) is 24.6. The number of urea groups is 1. The zero-order chi connectivity index (χ0) is 29.5. The van der Waals surface area contributed by atoms with Gasteiger partial charge < -0.3 is 10.4 Å². The first-order valence-corrected chi connectivity index (χ1v) is 15.9. The van der Waals surface area contributed by atoms with Crippen LogP contribution in [0.2, 0.25) is 0 Å². The number of hydrogen-bond donors (Lipinski definition) is 2. The highest BCUT2D eigenvalue weighted by molar-refractivity contribution is 8.00. The van der Waals surface area contributed by atoms with Gasteiger partial charge in [0.25, 0.3) is 0 Å². The first-order valence-electron chi connectivity index (χ1n) is 14.9. The molecule has 10 heteroatoms. The van der Waals surface area contributed by atoms with Crippen molar-refractivity contribution in [3.05, 3.63) is 54.1 Å². The van der Waals surface area contributed by atoms with E-state index in [1.54, 1.807) is 24.3 Å². The fourth-order valence-electron chi connectivity index (χ4n) is 6.18. The van der Waals surface area contributed by atoms with Crippen LogP contribution in [-0.4, -0.2) is 58.4 Å². The highest BCUT2D eigenvalue weighted by Crippen LogP contribution is 2.35. The number of Topliss-reactive ketones (excluding diaryl/α,β-unsaturated/α-hetero) is 1. The van der Waals surface area contributed by atoms with Crippen LogP contribution < -0.4 is 10.2 Å². The minimum Gasteiger partial charge on any atom is -0.481 e. The summed E-state index contributed by atoms with van der Waals surface area (Å²) in [5, 5.41) is 17.9. The van der Waals surface area contributed by atoms with Crippen molar-refractivity contribution in [3.63, 3.8) is 0 Å². The normalized spacial score (nSPS) is 18.2. The Balaban J connectivity index is 1.41. The first-order chi connectivity index (χ1) is 20.4. The van der Waals surface area contributed by atoms with Crippen LogP contribution >= 0.6 is 11.8 Å². The molecule has 0 aromatic heterocycles. The minimum atomic E-state index is -0.923. The van der Waals surface area contributed by atoms with Crippen LogP contribution in [0.3, 0.4) is 0 Å². The van der Waals surface area contributed by atoms with E-state index in [0.717, 1.165) is 80.8 Å². The molecule has 3 aliphatic rings. The Morgan fingerprint density at radius 2 is 1.62 bits per heavy atom. The van der Waals surface area contributed by atoms with Gasteiger partial charge in [-0.25, -0.2) is 9.80 Å². The molecule has 1 aliphatic heterocycles. The molecule has 0 radical (unpaired) electrons. The quantitative estimate of drug-likeness (QED) is 0.319. The molecule has 2 aromatic carbocycles. The second-order valence-corrected chi connectivity index (χ2v) is 12.4. The van der Waals surface area contributed by atoms with E-state index in [-0.39, 0.29) is 36.5 Å². The Morgan fingerprint density at radius 3 is 2.36 bits per heavy atom. The van der Waals surface area contributed by atoms with E-state index < -0.39 is 17.9 Å². The minimum absolute atomic E-state index is 0.0467. The summed E-state index contributed by atoms with van der Waals surface area (Å²) in [5.74, 6) is -1.28. The van der Waals surface area contributed by atoms with Gasteiger partial charge in [-0.3, -0.25) is 19.3 Å². The summed E-state index contributed by atoms with van der Waals surface area (Å²) in [5.41, 5.74) is 2.82. The maximum Gasteiger partial charge on any atom is 0.345 e. The summed E-state index contributed by atoms with van der Waals surface area (Å²) in [6, 6.07) is 14.1. The van der Waals surface area contributed by atoms with Gasteiger partial charge in [-0.1, -0.05) is 62.8 Å². The number of rotatable bonds is 10. The lowest BCUT2D eigenvalue weighted by atomic mass is 9.82. The average Bonchev–Trinajstić information content (AvgIpc) is 3.12. The second kappa shape index (κ2) is 14.0. The predicted octanol–water partition coefficient (Wildman–Crippen LogP) is 6.18. The van der Waals surface area contributed by atoms with Crippen molar-refractivity contribution in [1.82, 2.24) is 5.01 Å². The van der Waals surface area contributed by atoms with Crippen molar-refractivity contribution in [2.75, 3.05) is 29.1 Å². The lowest BCUT2D eigenvalue weighted by Gasteiger charge is -2.28. The molecule has 42 heavy (non-hydrogen) atoms. The summed E-state index contributed by atoms with van der Waals surface area (Å²) in [7, 11) is 0. The number of anilines is 2. The highest BCUT2D eigenvalue weighted by Gasteiger charge is 2.36. The Morgan fingerprint density at radius 1 is 0.905 bits per heavy atom. The topological polar surface area (TPSA) is 119 Å². The van der Waals surface area contributed by atoms with Gasteiger partial charge in [-0.2, -0.15) is 5.10 Å². The molecule has 3 amide bonds. The monoisotopic (exact) mass is 590 g/mol. The molecule has 0 unspecified atom stereocenters. The van der Waals surface area contributed by atoms with E-state index in [4.69, 9.17) is 10.2 Å². The Hall–Kier alpha value is -3.66. The standard InChI is InChI=1S/C32H38N4O5S/c37-28(22-10-3-1-4-11-22)19-35-27-17-8-7-16-26(27)31(23-12-5-2-6-13-23)34-36(32(35)41)20-29(38)33-24-14-9-15-25(18-24)42-21-30(39)40/h7-9,14-18,22-23H,1-6,10-13,19-21H2,(H,33,38)(H,39,40). The summed E-state index contributed by atoms with van der Waals surface area (Å²) >= 11 is 1.16. The Kier molecular flexibility index (Phi) is 9.94. The van der Waals surface area contributed by atoms with Crippen LogP contribution in [0.25, 0.3) is 0 Å². The molecule has 0 bridgehead atoms. The third-order valence-corrected chi connectivity index (χ3v) is 9.27. The fraction of sp³-hybridized carbons (Fsp3) is 0.469. The third-order valence-electron chi connectivity index (χ3n) is 8.29. The van der Waals surface area contributed by atoms with Crippen molar-refractivity contribution >= 4 is 52.5 Å². The molecule has 2 saturated carbocycles. The Labute approximate surface area is 250 Å². The van der Waals surface area contributed by atoms with Crippen molar-refractivity contribution in [3.8, 4) is 0 Å². The average molecular weight is 591 g/mol. The van der Waals surface area contributed by atoms with Gasteiger partial charge in [-0.05, 0) is 49.9 Å². The molecule has 5 rings (SSSR count). The highest BCUT2D eigenvalue weighted by atomic mass is 32.2. The van der Waals surface area contributed by atoms with Gasteiger partial charge in [0.15, 0.2) is 5.78 Å². The number of hydrazone groups is 1. The largest absolute Gasteiger partial charge is 0.481 e. The molecule has 9 nitrogen and oxygen atoms in total. The molecule has 2 fully saturated rings. The van der Waals surface area contributed by atoms with E-state index in [0.29, 0.717) is 16.3 Å². The number of para-hydroxylation sites is 1. The number of hydrogen-bond acceptors (Lipinski definition) is 6. The predicted molar refractivity (Wildman–Crippen MR) is 164 cm³/mol. The summed E-state index contributed by atoms with van der Waals surface area (Å²) in [6.07, 6.45) is 10.1. The van der Waals surface area contributed by atoms with Crippen molar-refractivity contribution in [1.29, 1.82) is 0 Å². The van der Waals surface area contributed by atoms with E-state index in [2.05, 4.69) is 5.32 Å². The fourth-order valence-corrected chi connectivity index (χ4v) is 6.86. The van der Waals surface area contributed by atoms with Gasteiger partial charge in [0.1, 0.15) is 6.54 Å². The number of aliphatic carboxylic acids is 1. The van der Waals surface area contributed by atoms with Crippen LogP contribution in [-0.2, 0) is 14.4 Å². The van der Waals surface area contributed by atoms with Gasteiger partial charge >= 0.3 is 12.0 Å². The number of carboxylic acid groups (broad SMARTS) is 1. The smallest absolute Gasteiger partial charge is 0.345 e. The lowest BCUT2D eigenvalue weighted by molar-refractivity contribution is -0.134. The SMILES string of the molecule is O=C(O)CSc1cccc(NC(=O)CN2N=C(C3CCCCC3)c3ccccc3N(CC(=O)C3CCCCC3)C2=O)c1. The lowest BCUT2D eigenvalue weighted by Crippen LogP contribution is -2.46. The van der Waals surface area contributed by atoms with E-state index in [1.165, 1.54) is 16.3 Å². The van der Waals surface area contributed by atoms with Crippen molar-refractivity contribution in [2.45, 2.75) is 69.1 Å². The van der Waals surface area contributed by atoms with Crippen LogP contribution in [0.15, 0.2) is 58.5 Å². The third kappa shape index (κ3) is 7.40. The number of fused-ring (bicyclic) bond motifs is 1. The molecule has 0 atom stereocenters. The molecule has 2 aromatic rings. The molecular weight excluding hydrogens is 552 g/mol. The van der Waals surface area contributed by atoms with Gasteiger partial charge in [0.05, 0.1) is 23.7 Å². The van der Waals surface area contributed by atoms with Gasteiger partial charge in [0.2, 0.25) is 5.91 Å². The maximum absolute atomic E-state index is 14.1. The summed E-state index contributed by atoms with van der Waals surface area (Å²) < 4.78 is 0. The van der Waals surface area contributed by atoms with Crippen LogP contribution in [0.1, 0.15) is 69.8 Å². The second-order valence-electron chi connectivity index (χ2n) is 11.3. The van der Waals surface area contributed by atoms with Crippen molar-refractivity contribution < 1.29 is 24.3 Å². The number of nitrogens with one attached hydrogen (secondary N) is 1. The van der Waals surface area contributed by atoms with Crippen molar-refractivity contribution in [2.24, 2.45) is 16.9 Å². The van der Waals surface area contributed by atoms with Crippen LogP contribution in [0.5, 0.6) is 0 Å². The zero-order valence-electron chi connectivity index (χ0n) is 23.8. The summed E-state index contributed by atoms with van der Waals surface area (Å²) in [6.45, 7) is -0.362. The molecule has 222 valence electrons. The first kappa shape index (κ1) is 29.8. The summed E-state index contributed by atoms with van der Waals surface area (Å²) in [4.78, 5) is 54.0. The molecule has 2 N–H and O–H groups in total.